The van der Waals surface area contributed by atoms with Gasteiger partial charge in [-0.15, -0.1) is 0 Å². The average molecular weight is 360 g/mol. The standard InChI is InChI=1S/C14H18FIN2/c15-11-5-14(13(17)6-12(11)16)18-7-10(8-1-2-8)9-3-4-9/h5-6,8-10,18H,1-4,7,17H2. The Morgan fingerprint density at radius 1 is 1.28 bits per heavy atom. The van der Waals surface area contributed by atoms with E-state index in [0.29, 0.717) is 9.26 Å². The molecule has 0 aliphatic heterocycles. The number of halogens is 2. The molecule has 2 fully saturated rings. The molecule has 1 aromatic carbocycles. The topological polar surface area (TPSA) is 38.0 Å². The van der Waals surface area contributed by atoms with Crippen molar-refractivity contribution in [1.82, 2.24) is 0 Å². The van der Waals surface area contributed by atoms with Gasteiger partial charge in [-0.2, -0.15) is 0 Å². The summed E-state index contributed by atoms with van der Waals surface area (Å²) in [4.78, 5) is 0. The lowest BCUT2D eigenvalue weighted by atomic mass is 9.98. The summed E-state index contributed by atoms with van der Waals surface area (Å²) in [7, 11) is 0. The van der Waals surface area contributed by atoms with Crippen molar-refractivity contribution in [3.8, 4) is 0 Å². The van der Waals surface area contributed by atoms with Crippen molar-refractivity contribution in [1.29, 1.82) is 0 Å². The third-order valence-electron chi connectivity index (χ3n) is 4.08. The van der Waals surface area contributed by atoms with E-state index in [2.05, 4.69) is 5.32 Å². The Bertz CT molecular complexity index is 443. The normalized spacial score (nSPS) is 19.3. The van der Waals surface area contributed by atoms with Crippen molar-refractivity contribution >= 4 is 34.0 Å². The molecule has 0 aromatic heterocycles. The summed E-state index contributed by atoms with van der Waals surface area (Å²) in [5.74, 6) is 2.38. The molecular weight excluding hydrogens is 342 g/mol. The first-order valence-electron chi connectivity index (χ1n) is 6.63. The molecule has 0 amide bonds. The Balaban J connectivity index is 1.66. The van der Waals surface area contributed by atoms with Crippen molar-refractivity contribution in [3.05, 3.63) is 21.5 Å². The summed E-state index contributed by atoms with van der Waals surface area (Å²) >= 11 is 1.97. The van der Waals surface area contributed by atoms with E-state index >= 15 is 0 Å². The zero-order valence-electron chi connectivity index (χ0n) is 10.3. The first kappa shape index (κ1) is 12.5. The van der Waals surface area contributed by atoms with Crippen LogP contribution < -0.4 is 11.1 Å². The van der Waals surface area contributed by atoms with E-state index in [1.54, 1.807) is 6.07 Å². The lowest BCUT2D eigenvalue weighted by molar-refractivity contribution is 0.428. The van der Waals surface area contributed by atoms with E-state index < -0.39 is 0 Å². The van der Waals surface area contributed by atoms with Gasteiger partial charge in [0, 0.05) is 12.6 Å². The van der Waals surface area contributed by atoms with Gasteiger partial charge >= 0.3 is 0 Å². The SMILES string of the molecule is Nc1cc(I)c(F)cc1NCC(C1CC1)C1CC1. The van der Waals surface area contributed by atoms with Crippen LogP contribution in [0.1, 0.15) is 25.7 Å². The molecule has 3 N–H and O–H groups in total. The van der Waals surface area contributed by atoms with Crippen LogP contribution in [-0.2, 0) is 0 Å². The molecule has 98 valence electrons. The van der Waals surface area contributed by atoms with Crippen molar-refractivity contribution in [2.45, 2.75) is 25.7 Å². The van der Waals surface area contributed by atoms with Gasteiger partial charge in [0.1, 0.15) is 5.82 Å². The highest BCUT2D eigenvalue weighted by Crippen LogP contribution is 2.49. The third kappa shape index (κ3) is 2.73. The highest BCUT2D eigenvalue weighted by molar-refractivity contribution is 14.1. The van der Waals surface area contributed by atoms with Gasteiger partial charge in [0.15, 0.2) is 0 Å². The fourth-order valence-corrected chi connectivity index (χ4v) is 3.20. The molecule has 0 heterocycles. The predicted octanol–water partition coefficient (Wildman–Crippen LogP) is 3.86. The first-order valence-corrected chi connectivity index (χ1v) is 7.71. The largest absolute Gasteiger partial charge is 0.397 e. The summed E-state index contributed by atoms with van der Waals surface area (Å²) in [6.45, 7) is 0.944. The molecule has 1 aromatic rings. The molecule has 0 atom stereocenters. The smallest absolute Gasteiger partial charge is 0.138 e. The number of benzene rings is 1. The summed E-state index contributed by atoms with van der Waals surface area (Å²) in [5, 5.41) is 3.36. The minimum absolute atomic E-state index is 0.193. The van der Waals surface area contributed by atoms with Crippen molar-refractivity contribution < 1.29 is 4.39 Å². The van der Waals surface area contributed by atoms with Gasteiger partial charge in [-0.3, -0.25) is 0 Å². The Kier molecular flexibility index (Phi) is 3.38. The van der Waals surface area contributed by atoms with Gasteiger partial charge in [0.25, 0.3) is 0 Å². The van der Waals surface area contributed by atoms with Crippen LogP contribution in [0.25, 0.3) is 0 Å². The van der Waals surface area contributed by atoms with Gasteiger partial charge < -0.3 is 11.1 Å². The van der Waals surface area contributed by atoms with E-state index in [0.717, 1.165) is 30.0 Å². The number of nitrogen functional groups attached to an aromatic ring is 1. The van der Waals surface area contributed by atoms with Gasteiger partial charge in [0.2, 0.25) is 0 Å². The van der Waals surface area contributed by atoms with E-state index in [1.165, 1.54) is 31.7 Å². The molecule has 2 aliphatic carbocycles. The Morgan fingerprint density at radius 3 is 2.44 bits per heavy atom. The highest BCUT2D eigenvalue weighted by Gasteiger charge is 2.41. The summed E-state index contributed by atoms with van der Waals surface area (Å²) in [5.41, 5.74) is 7.32. The monoisotopic (exact) mass is 360 g/mol. The second-order valence-corrected chi connectivity index (χ2v) is 6.74. The lowest BCUT2D eigenvalue weighted by Gasteiger charge is -2.18. The van der Waals surface area contributed by atoms with Crippen molar-refractivity contribution in [3.63, 3.8) is 0 Å². The molecule has 0 spiro atoms. The molecular formula is C14H18FIN2. The number of hydrogen-bond acceptors (Lipinski definition) is 2. The van der Waals surface area contributed by atoms with Crippen molar-refractivity contribution in [2.75, 3.05) is 17.6 Å². The molecule has 3 rings (SSSR count). The van der Waals surface area contributed by atoms with Crippen LogP contribution in [0.3, 0.4) is 0 Å². The second kappa shape index (κ2) is 4.87. The minimum atomic E-state index is -0.193. The second-order valence-electron chi connectivity index (χ2n) is 5.57. The predicted molar refractivity (Wildman–Crippen MR) is 81.0 cm³/mol. The molecule has 0 unspecified atom stereocenters. The van der Waals surface area contributed by atoms with E-state index in [9.17, 15) is 4.39 Å². The van der Waals surface area contributed by atoms with Crippen LogP contribution >= 0.6 is 22.6 Å². The maximum atomic E-state index is 13.5. The van der Waals surface area contributed by atoms with Gasteiger partial charge in [-0.05, 0) is 72.1 Å². The summed E-state index contributed by atoms with van der Waals surface area (Å²) < 4.78 is 14.1. The molecule has 0 saturated heterocycles. The van der Waals surface area contributed by atoms with Crippen molar-refractivity contribution in [2.24, 2.45) is 17.8 Å². The maximum absolute atomic E-state index is 13.5. The molecule has 18 heavy (non-hydrogen) atoms. The highest BCUT2D eigenvalue weighted by atomic mass is 127. The lowest BCUT2D eigenvalue weighted by Crippen LogP contribution is -2.19. The van der Waals surface area contributed by atoms with Crippen LogP contribution in [-0.4, -0.2) is 6.54 Å². The molecule has 2 nitrogen and oxygen atoms in total. The maximum Gasteiger partial charge on any atom is 0.138 e. The Morgan fingerprint density at radius 2 is 1.89 bits per heavy atom. The van der Waals surface area contributed by atoms with Crippen LogP contribution in [0.15, 0.2) is 12.1 Å². The van der Waals surface area contributed by atoms with E-state index in [1.807, 2.05) is 22.6 Å². The molecule has 2 aliphatic rings. The Hall–Kier alpha value is -0.520. The summed E-state index contributed by atoms with van der Waals surface area (Å²) in [6, 6.07) is 3.22. The Labute approximate surface area is 121 Å². The zero-order valence-corrected chi connectivity index (χ0v) is 12.4. The number of anilines is 2. The van der Waals surface area contributed by atoms with Gasteiger partial charge in [0.05, 0.1) is 14.9 Å². The molecule has 0 radical (unpaired) electrons. The zero-order chi connectivity index (χ0) is 12.7. The van der Waals surface area contributed by atoms with Gasteiger partial charge in [-0.1, -0.05) is 0 Å². The average Bonchev–Trinajstić information content (AvgIpc) is 3.17. The molecule has 4 heteroatoms. The number of nitrogens with one attached hydrogen (secondary N) is 1. The number of nitrogens with two attached hydrogens (primary N) is 1. The molecule has 2 saturated carbocycles. The third-order valence-corrected chi connectivity index (χ3v) is 4.90. The molecule has 0 bridgehead atoms. The van der Waals surface area contributed by atoms with Crippen LogP contribution in [0.5, 0.6) is 0 Å². The van der Waals surface area contributed by atoms with E-state index in [-0.39, 0.29) is 5.82 Å². The fraction of sp³-hybridized carbons (Fsp3) is 0.571. The van der Waals surface area contributed by atoms with E-state index in [4.69, 9.17) is 5.73 Å². The summed E-state index contributed by atoms with van der Waals surface area (Å²) in [6.07, 6.45) is 5.50. The van der Waals surface area contributed by atoms with Gasteiger partial charge in [-0.25, -0.2) is 4.39 Å². The van der Waals surface area contributed by atoms with Crippen LogP contribution in [0.4, 0.5) is 15.8 Å². The minimum Gasteiger partial charge on any atom is -0.397 e. The number of rotatable bonds is 5. The quantitative estimate of drug-likeness (QED) is 0.618. The fourth-order valence-electron chi connectivity index (χ4n) is 2.71. The van der Waals surface area contributed by atoms with Crippen LogP contribution in [0, 0.1) is 27.1 Å². The number of hydrogen-bond donors (Lipinski definition) is 2. The van der Waals surface area contributed by atoms with Crippen LogP contribution in [0.2, 0.25) is 0 Å². The first-order chi connectivity index (χ1) is 8.65.